The van der Waals surface area contributed by atoms with Crippen molar-refractivity contribution in [2.24, 2.45) is 0 Å². The molecule has 1 aromatic carbocycles. The average molecular weight is 222 g/mol. The number of hydrogen-bond donors (Lipinski definition) is 2. The van der Waals surface area contributed by atoms with Crippen LogP contribution in [0.25, 0.3) is 0 Å². The zero-order chi connectivity index (χ0) is 11.8. The molecule has 0 aromatic heterocycles. The van der Waals surface area contributed by atoms with Gasteiger partial charge in [0.15, 0.2) is 0 Å². The summed E-state index contributed by atoms with van der Waals surface area (Å²) in [4.78, 5) is 2.16. The van der Waals surface area contributed by atoms with E-state index in [0.29, 0.717) is 13.1 Å². The first-order chi connectivity index (χ1) is 7.72. The highest BCUT2D eigenvalue weighted by Gasteiger charge is 2.06. The van der Waals surface area contributed by atoms with Crippen LogP contribution in [0.3, 0.4) is 0 Å². The zero-order valence-corrected chi connectivity index (χ0v) is 10.2. The van der Waals surface area contributed by atoms with Crippen molar-refractivity contribution in [3.63, 3.8) is 0 Å². The predicted molar refractivity (Wildman–Crippen MR) is 67.6 cm³/mol. The Kier molecular flexibility index (Phi) is 6.08. The topological polar surface area (TPSA) is 35.5 Å². The van der Waals surface area contributed by atoms with E-state index in [0.717, 1.165) is 13.0 Å². The normalized spacial score (nSPS) is 13.0. The smallest absolute Gasteiger partial charge is 0.0791 e. The van der Waals surface area contributed by atoms with Gasteiger partial charge in [0.05, 0.1) is 6.10 Å². The maximum atomic E-state index is 9.61. The third-order valence-corrected chi connectivity index (χ3v) is 2.59. The summed E-state index contributed by atoms with van der Waals surface area (Å²) in [5.41, 5.74) is 1.34. The number of rotatable bonds is 7. The summed E-state index contributed by atoms with van der Waals surface area (Å²) in [5.74, 6) is 0. The fraction of sp³-hybridized carbons (Fsp3) is 0.538. The summed E-state index contributed by atoms with van der Waals surface area (Å²) >= 11 is 0. The molecule has 2 N–H and O–H groups in total. The Morgan fingerprint density at radius 1 is 1.31 bits per heavy atom. The van der Waals surface area contributed by atoms with Crippen LogP contribution < -0.4 is 5.32 Å². The average Bonchev–Trinajstić information content (AvgIpc) is 2.28. The van der Waals surface area contributed by atoms with Gasteiger partial charge >= 0.3 is 0 Å². The second-order valence-corrected chi connectivity index (χ2v) is 4.21. The van der Waals surface area contributed by atoms with Gasteiger partial charge in [0, 0.05) is 19.6 Å². The van der Waals surface area contributed by atoms with Crippen LogP contribution in [0.15, 0.2) is 30.3 Å². The molecule has 0 saturated carbocycles. The van der Waals surface area contributed by atoms with Gasteiger partial charge in [-0.2, -0.15) is 0 Å². The van der Waals surface area contributed by atoms with E-state index < -0.39 is 0 Å². The van der Waals surface area contributed by atoms with Crippen LogP contribution in [-0.2, 0) is 6.42 Å². The summed E-state index contributed by atoms with van der Waals surface area (Å²) in [6.45, 7) is 2.34. The predicted octanol–water partition coefficient (Wildman–Crippen LogP) is 0.741. The van der Waals surface area contributed by atoms with Gasteiger partial charge in [-0.05, 0) is 26.1 Å². The van der Waals surface area contributed by atoms with Crippen molar-refractivity contribution in [1.82, 2.24) is 10.2 Å². The van der Waals surface area contributed by atoms with Gasteiger partial charge in [-0.15, -0.1) is 0 Å². The summed E-state index contributed by atoms with van der Waals surface area (Å²) in [6, 6.07) is 10.4. The first-order valence-corrected chi connectivity index (χ1v) is 5.77. The minimum atomic E-state index is -0.286. The molecule has 0 heterocycles. The van der Waals surface area contributed by atoms with Crippen molar-refractivity contribution in [3.8, 4) is 0 Å². The van der Waals surface area contributed by atoms with E-state index in [2.05, 4.69) is 34.5 Å². The van der Waals surface area contributed by atoms with Gasteiger partial charge in [0.2, 0.25) is 0 Å². The van der Waals surface area contributed by atoms with Crippen LogP contribution in [0.1, 0.15) is 5.56 Å². The number of benzene rings is 1. The van der Waals surface area contributed by atoms with Gasteiger partial charge in [-0.1, -0.05) is 30.3 Å². The Balaban J connectivity index is 2.22. The van der Waals surface area contributed by atoms with Crippen molar-refractivity contribution >= 4 is 0 Å². The molecule has 1 aromatic rings. The fourth-order valence-electron chi connectivity index (χ4n) is 1.72. The molecule has 16 heavy (non-hydrogen) atoms. The minimum Gasteiger partial charge on any atom is -0.390 e. The maximum absolute atomic E-state index is 9.61. The number of aliphatic hydroxyl groups excluding tert-OH is 1. The zero-order valence-electron chi connectivity index (χ0n) is 10.2. The van der Waals surface area contributed by atoms with Crippen molar-refractivity contribution < 1.29 is 5.11 Å². The number of aliphatic hydroxyl groups is 1. The highest BCUT2D eigenvalue weighted by molar-refractivity contribution is 5.14. The number of nitrogens with zero attached hydrogens (tertiary/aromatic N) is 1. The van der Waals surface area contributed by atoms with Gasteiger partial charge in [0.1, 0.15) is 0 Å². The lowest BCUT2D eigenvalue weighted by Gasteiger charge is -2.20. The first-order valence-electron chi connectivity index (χ1n) is 5.77. The van der Waals surface area contributed by atoms with E-state index in [1.807, 2.05) is 20.2 Å². The quantitative estimate of drug-likeness (QED) is 0.714. The van der Waals surface area contributed by atoms with Gasteiger partial charge in [0.25, 0.3) is 0 Å². The van der Waals surface area contributed by atoms with Crippen molar-refractivity contribution in [2.45, 2.75) is 12.5 Å². The molecule has 0 aliphatic carbocycles. The molecule has 0 bridgehead atoms. The molecule has 0 saturated heterocycles. The standard InChI is InChI=1S/C13H22N2O/c1-14-10-13(16)11-15(2)9-8-12-6-4-3-5-7-12/h3-7,13-14,16H,8-11H2,1-2H3. The summed E-state index contributed by atoms with van der Waals surface area (Å²) in [7, 11) is 3.90. The molecule has 90 valence electrons. The molecule has 1 unspecified atom stereocenters. The third-order valence-electron chi connectivity index (χ3n) is 2.59. The van der Waals surface area contributed by atoms with Crippen LogP contribution in [0, 0.1) is 0 Å². The highest BCUT2D eigenvalue weighted by Crippen LogP contribution is 2.00. The molecule has 3 nitrogen and oxygen atoms in total. The summed E-state index contributed by atoms with van der Waals surface area (Å²) < 4.78 is 0. The second-order valence-electron chi connectivity index (χ2n) is 4.21. The molecule has 0 radical (unpaired) electrons. The summed E-state index contributed by atoms with van der Waals surface area (Å²) in [5, 5.41) is 12.6. The lowest BCUT2D eigenvalue weighted by atomic mass is 10.1. The summed E-state index contributed by atoms with van der Waals surface area (Å²) in [6.07, 6.45) is 0.745. The lowest BCUT2D eigenvalue weighted by Crippen LogP contribution is -2.36. The number of likely N-dealkylation sites (N-methyl/N-ethyl adjacent to an activating group) is 2. The first kappa shape index (κ1) is 13.2. The SMILES string of the molecule is CNCC(O)CN(C)CCc1ccccc1. The number of nitrogens with one attached hydrogen (secondary N) is 1. The largest absolute Gasteiger partial charge is 0.390 e. The van der Waals surface area contributed by atoms with Crippen molar-refractivity contribution in [2.75, 3.05) is 33.7 Å². The minimum absolute atomic E-state index is 0.286. The van der Waals surface area contributed by atoms with E-state index in [4.69, 9.17) is 0 Å². The molecular formula is C13H22N2O. The van der Waals surface area contributed by atoms with Crippen LogP contribution in [0.5, 0.6) is 0 Å². The van der Waals surface area contributed by atoms with Gasteiger partial charge in [-0.25, -0.2) is 0 Å². The molecule has 3 heteroatoms. The van der Waals surface area contributed by atoms with E-state index in [1.54, 1.807) is 0 Å². The Morgan fingerprint density at radius 2 is 2.00 bits per heavy atom. The molecule has 0 spiro atoms. The Bertz CT molecular complexity index is 277. The van der Waals surface area contributed by atoms with Gasteiger partial charge < -0.3 is 15.3 Å². The van der Waals surface area contributed by atoms with E-state index in [1.165, 1.54) is 5.56 Å². The van der Waals surface area contributed by atoms with Gasteiger partial charge in [-0.3, -0.25) is 0 Å². The number of hydrogen-bond acceptors (Lipinski definition) is 3. The van der Waals surface area contributed by atoms with Crippen molar-refractivity contribution in [1.29, 1.82) is 0 Å². The highest BCUT2D eigenvalue weighted by atomic mass is 16.3. The second kappa shape index (κ2) is 7.39. The van der Waals surface area contributed by atoms with E-state index in [-0.39, 0.29) is 6.10 Å². The van der Waals surface area contributed by atoms with Crippen LogP contribution in [-0.4, -0.2) is 49.8 Å². The van der Waals surface area contributed by atoms with Crippen LogP contribution in [0.4, 0.5) is 0 Å². The maximum Gasteiger partial charge on any atom is 0.0791 e. The molecule has 1 atom stereocenters. The Labute approximate surface area is 98.1 Å². The molecule has 0 amide bonds. The fourth-order valence-corrected chi connectivity index (χ4v) is 1.72. The molecule has 0 aliphatic rings. The monoisotopic (exact) mass is 222 g/mol. The molecular weight excluding hydrogens is 200 g/mol. The Hall–Kier alpha value is -0.900. The molecule has 0 fully saturated rings. The third kappa shape index (κ3) is 5.26. The molecule has 1 rings (SSSR count). The van der Waals surface area contributed by atoms with Crippen LogP contribution >= 0.6 is 0 Å². The van der Waals surface area contributed by atoms with E-state index >= 15 is 0 Å². The molecule has 0 aliphatic heterocycles. The van der Waals surface area contributed by atoms with E-state index in [9.17, 15) is 5.11 Å². The Morgan fingerprint density at radius 3 is 2.62 bits per heavy atom. The van der Waals surface area contributed by atoms with Crippen LogP contribution in [0.2, 0.25) is 0 Å². The lowest BCUT2D eigenvalue weighted by molar-refractivity contribution is 0.126. The van der Waals surface area contributed by atoms with Crippen molar-refractivity contribution in [3.05, 3.63) is 35.9 Å².